The molecule has 0 aliphatic carbocycles. The van der Waals surface area contributed by atoms with Crippen molar-refractivity contribution in [2.24, 2.45) is 0 Å². The van der Waals surface area contributed by atoms with Gasteiger partial charge in [0.1, 0.15) is 11.9 Å². The zero-order valence-corrected chi connectivity index (χ0v) is 11.5. The SMILES string of the molecule is CC(Oc1cccc(Cl)c1)c1nc(Br)ns1. The molecule has 0 aliphatic rings. The Morgan fingerprint density at radius 3 is 2.94 bits per heavy atom. The highest BCUT2D eigenvalue weighted by Gasteiger charge is 2.12. The van der Waals surface area contributed by atoms with Crippen LogP contribution in [0.1, 0.15) is 18.0 Å². The fraction of sp³-hybridized carbons (Fsp3) is 0.200. The Bertz CT molecular complexity index is 491. The molecular weight excluding hydrogens is 312 g/mol. The van der Waals surface area contributed by atoms with Gasteiger partial charge in [-0.25, -0.2) is 4.98 Å². The number of rotatable bonds is 3. The minimum atomic E-state index is -0.137. The van der Waals surface area contributed by atoms with Crippen molar-refractivity contribution >= 4 is 39.1 Å². The van der Waals surface area contributed by atoms with Crippen LogP contribution in [0.4, 0.5) is 0 Å². The topological polar surface area (TPSA) is 35.0 Å². The molecule has 1 unspecified atom stereocenters. The summed E-state index contributed by atoms with van der Waals surface area (Å²) in [5, 5.41) is 1.48. The Morgan fingerprint density at radius 2 is 2.31 bits per heavy atom. The van der Waals surface area contributed by atoms with E-state index in [2.05, 4.69) is 25.3 Å². The van der Waals surface area contributed by atoms with Crippen LogP contribution in [0.3, 0.4) is 0 Å². The van der Waals surface area contributed by atoms with E-state index in [9.17, 15) is 0 Å². The van der Waals surface area contributed by atoms with Crippen molar-refractivity contribution in [3.05, 3.63) is 39.0 Å². The fourth-order valence-electron chi connectivity index (χ4n) is 1.18. The summed E-state index contributed by atoms with van der Waals surface area (Å²) in [7, 11) is 0. The summed E-state index contributed by atoms with van der Waals surface area (Å²) in [5.41, 5.74) is 0. The molecule has 3 nitrogen and oxygen atoms in total. The molecule has 0 aliphatic heterocycles. The molecule has 0 bridgehead atoms. The van der Waals surface area contributed by atoms with Crippen LogP contribution >= 0.6 is 39.1 Å². The normalized spacial score (nSPS) is 12.4. The Morgan fingerprint density at radius 1 is 1.50 bits per heavy atom. The van der Waals surface area contributed by atoms with Gasteiger partial charge in [0.15, 0.2) is 5.01 Å². The molecule has 1 heterocycles. The molecule has 2 aromatic rings. The summed E-state index contributed by atoms with van der Waals surface area (Å²) in [6.07, 6.45) is -0.137. The van der Waals surface area contributed by atoms with Crippen LogP contribution in [0, 0.1) is 0 Å². The van der Waals surface area contributed by atoms with Crippen LogP contribution in [0.2, 0.25) is 5.02 Å². The van der Waals surface area contributed by atoms with E-state index in [-0.39, 0.29) is 6.10 Å². The first kappa shape index (κ1) is 11.8. The molecule has 0 fully saturated rings. The predicted octanol–water partition coefficient (Wildman–Crippen LogP) is 4.09. The molecule has 6 heteroatoms. The summed E-state index contributed by atoms with van der Waals surface area (Å²) in [6, 6.07) is 7.29. The molecule has 0 N–H and O–H groups in total. The van der Waals surface area contributed by atoms with E-state index in [1.165, 1.54) is 11.5 Å². The van der Waals surface area contributed by atoms with Crippen molar-refractivity contribution < 1.29 is 4.74 Å². The van der Waals surface area contributed by atoms with Gasteiger partial charge in [0.2, 0.25) is 4.73 Å². The molecule has 0 saturated heterocycles. The summed E-state index contributed by atoms with van der Waals surface area (Å²) >= 11 is 10.4. The maximum atomic E-state index is 5.87. The van der Waals surface area contributed by atoms with Crippen LogP contribution < -0.4 is 4.74 Å². The molecule has 16 heavy (non-hydrogen) atoms. The van der Waals surface area contributed by atoms with Gasteiger partial charge in [-0.05, 0) is 52.6 Å². The number of aromatic nitrogens is 2. The third kappa shape index (κ3) is 2.93. The number of nitrogens with zero attached hydrogens (tertiary/aromatic N) is 2. The maximum absolute atomic E-state index is 5.87. The molecule has 2 rings (SSSR count). The largest absolute Gasteiger partial charge is 0.483 e. The average Bonchev–Trinajstić information content (AvgIpc) is 2.65. The average molecular weight is 320 g/mol. The molecular formula is C10H8BrClN2OS. The van der Waals surface area contributed by atoms with Crippen LogP contribution in [0.25, 0.3) is 0 Å². The van der Waals surface area contributed by atoms with Crippen molar-refractivity contribution in [3.63, 3.8) is 0 Å². The van der Waals surface area contributed by atoms with Gasteiger partial charge in [-0.3, -0.25) is 0 Å². The van der Waals surface area contributed by atoms with Crippen molar-refractivity contribution in [1.29, 1.82) is 0 Å². The van der Waals surface area contributed by atoms with E-state index < -0.39 is 0 Å². The van der Waals surface area contributed by atoms with Gasteiger partial charge < -0.3 is 4.74 Å². The number of hydrogen-bond acceptors (Lipinski definition) is 4. The molecule has 0 radical (unpaired) electrons. The van der Waals surface area contributed by atoms with E-state index in [0.717, 1.165) is 10.8 Å². The third-order valence-corrected chi connectivity index (χ3v) is 3.57. The van der Waals surface area contributed by atoms with Gasteiger partial charge in [-0.15, -0.1) is 0 Å². The summed E-state index contributed by atoms with van der Waals surface area (Å²) in [4.78, 5) is 4.20. The zero-order valence-electron chi connectivity index (χ0n) is 8.35. The minimum absolute atomic E-state index is 0.137. The second-order valence-corrected chi connectivity index (χ2v) is 5.05. The lowest BCUT2D eigenvalue weighted by molar-refractivity contribution is 0.226. The molecule has 0 spiro atoms. The number of ether oxygens (including phenoxy) is 1. The fourth-order valence-corrected chi connectivity index (χ4v) is 2.42. The first-order valence-electron chi connectivity index (χ1n) is 4.56. The van der Waals surface area contributed by atoms with Gasteiger partial charge >= 0.3 is 0 Å². The molecule has 1 aromatic heterocycles. The molecule has 1 aromatic carbocycles. The van der Waals surface area contributed by atoms with Gasteiger partial charge in [-0.1, -0.05) is 17.7 Å². The van der Waals surface area contributed by atoms with Gasteiger partial charge in [-0.2, -0.15) is 4.37 Å². The minimum Gasteiger partial charge on any atom is -0.483 e. The van der Waals surface area contributed by atoms with Gasteiger partial charge in [0, 0.05) is 5.02 Å². The second-order valence-electron chi connectivity index (χ2n) is 3.12. The summed E-state index contributed by atoms with van der Waals surface area (Å²) < 4.78 is 10.3. The van der Waals surface area contributed by atoms with E-state index in [1.54, 1.807) is 12.1 Å². The smallest absolute Gasteiger partial charge is 0.209 e. The van der Waals surface area contributed by atoms with E-state index in [0.29, 0.717) is 9.76 Å². The molecule has 0 amide bonds. The van der Waals surface area contributed by atoms with E-state index in [1.807, 2.05) is 19.1 Å². The Hall–Kier alpha value is -0.650. The Labute approximate surface area is 111 Å². The zero-order chi connectivity index (χ0) is 11.5. The first-order chi connectivity index (χ1) is 7.65. The number of benzene rings is 1. The third-order valence-electron chi connectivity index (χ3n) is 1.87. The van der Waals surface area contributed by atoms with Crippen LogP contribution in [-0.4, -0.2) is 9.36 Å². The summed E-state index contributed by atoms with van der Waals surface area (Å²) in [5.74, 6) is 0.728. The van der Waals surface area contributed by atoms with E-state index in [4.69, 9.17) is 16.3 Å². The second kappa shape index (κ2) is 5.12. The lowest BCUT2D eigenvalue weighted by Gasteiger charge is -2.11. The number of halogens is 2. The lowest BCUT2D eigenvalue weighted by atomic mass is 10.3. The standard InChI is InChI=1S/C10H8BrClN2OS/c1-6(9-13-10(11)14-16-9)15-8-4-2-3-7(12)5-8/h2-6H,1H3. The molecule has 84 valence electrons. The highest BCUT2D eigenvalue weighted by molar-refractivity contribution is 9.10. The first-order valence-corrected chi connectivity index (χ1v) is 6.51. The van der Waals surface area contributed by atoms with E-state index >= 15 is 0 Å². The van der Waals surface area contributed by atoms with Crippen LogP contribution in [0.5, 0.6) is 5.75 Å². The Kier molecular flexibility index (Phi) is 3.78. The predicted molar refractivity (Wildman–Crippen MR) is 68.1 cm³/mol. The Balaban J connectivity index is 2.10. The van der Waals surface area contributed by atoms with Gasteiger partial charge in [0.05, 0.1) is 0 Å². The number of hydrogen-bond donors (Lipinski definition) is 0. The van der Waals surface area contributed by atoms with Crippen molar-refractivity contribution in [2.45, 2.75) is 13.0 Å². The monoisotopic (exact) mass is 318 g/mol. The van der Waals surface area contributed by atoms with Crippen molar-refractivity contribution in [2.75, 3.05) is 0 Å². The van der Waals surface area contributed by atoms with Crippen molar-refractivity contribution in [3.8, 4) is 5.75 Å². The maximum Gasteiger partial charge on any atom is 0.209 e. The molecule has 0 saturated carbocycles. The highest BCUT2D eigenvalue weighted by Crippen LogP contribution is 2.25. The lowest BCUT2D eigenvalue weighted by Crippen LogP contribution is -2.02. The quantitative estimate of drug-likeness (QED) is 0.854. The van der Waals surface area contributed by atoms with Gasteiger partial charge in [0.25, 0.3) is 0 Å². The van der Waals surface area contributed by atoms with Crippen molar-refractivity contribution in [1.82, 2.24) is 9.36 Å². The highest BCUT2D eigenvalue weighted by atomic mass is 79.9. The molecule has 1 atom stereocenters. The van der Waals surface area contributed by atoms with Crippen LogP contribution in [0.15, 0.2) is 29.0 Å². The van der Waals surface area contributed by atoms with Crippen LogP contribution in [-0.2, 0) is 0 Å². The summed E-state index contributed by atoms with van der Waals surface area (Å²) in [6.45, 7) is 1.92.